The highest BCUT2D eigenvalue weighted by molar-refractivity contribution is 5.72. The summed E-state index contributed by atoms with van der Waals surface area (Å²) in [6, 6.07) is 9.66. The summed E-state index contributed by atoms with van der Waals surface area (Å²) in [5, 5.41) is 9.53. The van der Waals surface area contributed by atoms with E-state index in [0.717, 1.165) is 134 Å². The number of hydrogen-bond donors (Lipinski definition) is 1. The van der Waals surface area contributed by atoms with Gasteiger partial charge in [0.1, 0.15) is 46.2 Å². The maximum absolute atomic E-state index is 11.6. The first kappa shape index (κ1) is 151. The van der Waals surface area contributed by atoms with E-state index in [9.17, 15) is 38.7 Å². The minimum atomic E-state index is -0.507. The Morgan fingerprint density at radius 2 is 0.524 bits per heavy atom. The first-order valence-corrected chi connectivity index (χ1v) is 52.3. The maximum Gasteiger partial charge on any atom is 0.310 e. The molecule has 0 spiro atoms. The van der Waals surface area contributed by atoms with Crippen LogP contribution in [0.3, 0.4) is 0 Å². The van der Waals surface area contributed by atoms with E-state index in [0.29, 0.717) is 64.7 Å². The molecule has 0 aliphatic carbocycles. The summed E-state index contributed by atoms with van der Waals surface area (Å²) in [4.78, 5) is 74.4. The summed E-state index contributed by atoms with van der Waals surface area (Å²) >= 11 is 0. The van der Waals surface area contributed by atoms with Gasteiger partial charge >= 0.3 is 41.8 Å². The minimum absolute atomic E-state index is 0.176. The number of aliphatic hydroxyl groups is 1. The van der Waals surface area contributed by atoms with Gasteiger partial charge in [0.2, 0.25) is 0 Å². The Balaban J connectivity index is -0.000000200. The molecule has 143 heavy (non-hydrogen) atoms. The number of benzene rings is 1. The quantitative estimate of drug-likeness (QED) is 0.0364. The monoisotopic (exact) mass is 2000 g/mol. The number of hydrogen-bond acceptors (Lipinski definition) is 17. The molecule has 0 saturated heterocycles. The zero-order valence-corrected chi connectivity index (χ0v) is 99.1. The number of esters is 7. The smallest absolute Gasteiger partial charge is 0.310 e. The van der Waals surface area contributed by atoms with Crippen LogP contribution in [0.1, 0.15) is 430 Å². The second-order valence-corrected chi connectivity index (χ2v) is 39.6. The van der Waals surface area contributed by atoms with Crippen LogP contribution in [0, 0.1) is 5.92 Å². The average molecular weight is 2000 g/mol. The molecule has 0 radical (unpaired) electrons. The first-order valence-electron chi connectivity index (χ1n) is 52.3. The van der Waals surface area contributed by atoms with Gasteiger partial charge < -0.3 is 47.7 Å². The fourth-order valence-corrected chi connectivity index (χ4v) is 11.8. The number of ether oxygens (including phenoxy) is 9. The average Bonchev–Trinajstić information content (AvgIpc) is 0.933. The number of carbonyl (C=O) groups excluding carboxylic acids is 7. The SMILES string of the molecule is CC(=O)OC/C=C(/C)CCC=C(C)C.CC(=O)OC/C=C(\C)CCC=C(C)C.CC(=O)OC/C=C(\C)CCC=C(C)C.CC(=O)OC/C=C(\C)CCC=C(C)C.CC(=O)OC/C=C(\C)CCC=C(C)C.CC(=O)OC/C=C(\C)CCC=C(C)C.CC(C)=CCC/C(C)=C/COC(=O)Cc1ccccc1.CC/C=C(\C)CCC=C(C)C.CCOC(C)/C=C(\C)CCC=C(C)C.COC(C)CC(C)CCCC(C)(C)O. The van der Waals surface area contributed by atoms with Gasteiger partial charge in [-0.2, -0.15) is 0 Å². The van der Waals surface area contributed by atoms with Crippen molar-refractivity contribution in [1.82, 2.24) is 0 Å². The molecule has 1 aromatic rings. The van der Waals surface area contributed by atoms with Gasteiger partial charge in [0, 0.05) is 55.3 Å². The lowest BCUT2D eigenvalue weighted by molar-refractivity contribution is -0.142. The molecule has 0 bridgehead atoms. The van der Waals surface area contributed by atoms with Gasteiger partial charge in [-0.15, -0.1) is 0 Å². The third-order valence-electron chi connectivity index (χ3n) is 20.1. The fraction of sp³-hybridized carbons (Fsp3) is 0.611. The van der Waals surface area contributed by atoms with Crippen molar-refractivity contribution in [2.24, 2.45) is 5.92 Å². The Morgan fingerprint density at radius 1 is 0.308 bits per heavy atom. The molecule has 0 aliphatic rings. The van der Waals surface area contributed by atoms with Crippen molar-refractivity contribution in [2.75, 3.05) is 60.0 Å². The Hall–Kier alpha value is -9.29. The van der Waals surface area contributed by atoms with Crippen molar-refractivity contribution in [3.8, 4) is 0 Å². The lowest BCUT2D eigenvalue weighted by Crippen LogP contribution is -2.18. The molecule has 3 unspecified atom stereocenters. The molecule has 820 valence electrons. The van der Waals surface area contributed by atoms with Crippen molar-refractivity contribution in [2.45, 2.75) is 449 Å². The molecule has 3 atom stereocenters. The predicted octanol–water partition coefficient (Wildman–Crippen LogP) is 35.1. The normalized spacial score (nSPS) is 11.9. The largest absolute Gasteiger partial charge is 0.462 e. The van der Waals surface area contributed by atoms with Crippen LogP contribution in [0.25, 0.3) is 0 Å². The van der Waals surface area contributed by atoms with Crippen LogP contribution in [0.5, 0.6) is 0 Å². The van der Waals surface area contributed by atoms with Crippen LogP contribution in [-0.2, 0) is 82.6 Å². The van der Waals surface area contributed by atoms with Crippen LogP contribution in [0.15, 0.2) is 240 Å². The summed E-state index contributed by atoms with van der Waals surface area (Å²) in [7, 11) is 1.76. The number of rotatable bonds is 54. The molecule has 0 amide bonds. The minimum Gasteiger partial charge on any atom is -0.462 e. The molecular weight excluding hydrogens is 1790 g/mol. The van der Waals surface area contributed by atoms with Gasteiger partial charge in [0.25, 0.3) is 0 Å². The lowest BCUT2D eigenvalue weighted by Gasteiger charge is -2.19. The predicted molar refractivity (Wildman–Crippen MR) is 614 cm³/mol. The molecule has 0 aliphatic heterocycles. The zero-order valence-electron chi connectivity index (χ0n) is 99.1. The molecule has 1 aromatic carbocycles. The Bertz CT molecular complexity index is 3650. The van der Waals surface area contributed by atoms with Crippen LogP contribution < -0.4 is 0 Å². The van der Waals surface area contributed by atoms with Crippen molar-refractivity contribution >= 4 is 41.8 Å². The van der Waals surface area contributed by atoms with E-state index < -0.39 is 5.60 Å². The Morgan fingerprint density at radius 3 is 0.720 bits per heavy atom. The molecule has 0 aromatic heterocycles. The van der Waals surface area contributed by atoms with E-state index in [-0.39, 0.29) is 47.9 Å². The summed E-state index contributed by atoms with van der Waals surface area (Å²) in [5.41, 5.74) is 24.5. The van der Waals surface area contributed by atoms with Crippen LogP contribution >= 0.6 is 0 Å². The molecule has 0 saturated carbocycles. The van der Waals surface area contributed by atoms with Gasteiger partial charge in [-0.05, 0) is 410 Å². The molecule has 17 nitrogen and oxygen atoms in total. The van der Waals surface area contributed by atoms with Crippen molar-refractivity contribution < 1.29 is 81.3 Å². The Labute approximate surface area is 878 Å². The van der Waals surface area contributed by atoms with Crippen molar-refractivity contribution in [3.63, 3.8) is 0 Å². The van der Waals surface area contributed by atoms with Crippen LogP contribution in [0.2, 0.25) is 0 Å². The highest BCUT2D eigenvalue weighted by Crippen LogP contribution is 2.21. The standard InChI is InChI=1S/C18H24O2.C13H24O.C12H26O2.6C12H20O2.C11H20/c1-15(2)8-7-9-16(3)12-13-20-18(19)14-17-10-5-4-6-11-17;1-6-14-13(5)10-12(4)9-7-8-11(2)3;1-10(9-11(2)14-5)7-6-8-12(3,4)13;6*1-10(2)6-5-7-11(3)8-9-14-12(4)13;1-5-7-11(4)9-6-8-10(2)3/h4-6,8,10-12H,7,9,13-14H2,1-3H3;8,10,13H,6-7,9H2,1-5H3;10-11,13H,6-9H2,1-5H3;6*6,8H,5,7,9H2,1-4H3;7-8H,5-6,9H2,1-4H3/b16-12+;12-10+;;5*11-8+;11-8-;11-7+. The summed E-state index contributed by atoms with van der Waals surface area (Å²) in [6.07, 6.45) is 64.0. The van der Waals surface area contributed by atoms with Crippen LogP contribution in [-0.4, -0.2) is 125 Å². The highest BCUT2D eigenvalue weighted by atomic mass is 16.6. The number of methoxy groups -OCH3 is 1. The summed E-state index contributed by atoms with van der Waals surface area (Å²) in [6.45, 7) is 83.2. The number of carbonyl (C=O) groups is 7. The van der Waals surface area contributed by atoms with E-state index in [1.54, 1.807) is 7.11 Å². The topological polar surface area (TPSA) is 223 Å². The van der Waals surface area contributed by atoms with Crippen molar-refractivity contribution in [1.29, 1.82) is 0 Å². The molecule has 0 fully saturated rings. The molecule has 0 heterocycles. The molecule has 1 N–H and O–H groups in total. The van der Waals surface area contributed by atoms with E-state index in [1.807, 2.05) is 93.6 Å². The van der Waals surface area contributed by atoms with E-state index >= 15 is 0 Å². The van der Waals surface area contributed by atoms with Crippen molar-refractivity contribution in [3.05, 3.63) is 246 Å². The fourth-order valence-electron chi connectivity index (χ4n) is 11.8. The third kappa shape index (κ3) is 153. The van der Waals surface area contributed by atoms with Gasteiger partial charge in [-0.3, -0.25) is 33.6 Å². The highest BCUT2D eigenvalue weighted by Gasteiger charge is 2.14. The zero-order chi connectivity index (χ0) is 111. The summed E-state index contributed by atoms with van der Waals surface area (Å²) < 4.78 is 44.7. The second-order valence-electron chi connectivity index (χ2n) is 39.6. The lowest BCUT2D eigenvalue weighted by atomic mass is 9.94. The first-order chi connectivity index (χ1) is 66.8. The molecule has 17 heteroatoms. The molecular formula is C126H214O17. The van der Waals surface area contributed by atoms with Gasteiger partial charge in [-0.25, -0.2) is 0 Å². The number of allylic oxidation sites excluding steroid dienone is 28. The maximum atomic E-state index is 11.6. The van der Waals surface area contributed by atoms with Gasteiger partial charge in [0.05, 0.1) is 24.2 Å². The summed E-state index contributed by atoms with van der Waals surface area (Å²) in [5.74, 6) is -0.832. The third-order valence-corrected chi connectivity index (χ3v) is 20.1. The second kappa shape index (κ2) is 106. The van der Waals surface area contributed by atoms with Gasteiger partial charge in [-0.1, -0.05) is 224 Å². The molecule has 1 rings (SSSR count). The van der Waals surface area contributed by atoms with E-state index in [2.05, 4.69) is 281 Å². The Kier molecular flexibility index (Phi) is 112. The van der Waals surface area contributed by atoms with E-state index in [1.165, 1.54) is 168 Å². The van der Waals surface area contributed by atoms with Crippen LogP contribution in [0.4, 0.5) is 0 Å². The van der Waals surface area contributed by atoms with Gasteiger partial charge in [0.15, 0.2) is 0 Å². The van der Waals surface area contributed by atoms with E-state index in [4.69, 9.17) is 42.6 Å².